The Morgan fingerprint density at radius 2 is 2.44 bits per heavy atom. The fourth-order valence-corrected chi connectivity index (χ4v) is 2.22. The van der Waals surface area contributed by atoms with Crippen molar-refractivity contribution >= 4 is 0 Å². The molecule has 0 saturated carbocycles. The molecule has 2 unspecified atom stereocenters. The molecule has 1 saturated heterocycles. The summed E-state index contributed by atoms with van der Waals surface area (Å²) >= 11 is 0. The van der Waals surface area contributed by atoms with Gasteiger partial charge in [0.1, 0.15) is 0 Å². The number of hydrogen-bond acceptors (Lipinski definition) is 3. The molecule has 1 aliphatic heterocycles. The molecule has 1 rings (SSSR count). The number of ether oxygens (including phenoxy) is 1. The van der Waals surface area contributed by atoms with E-state index in [-0.39, 0.29) is 0 Å². The van der Waals surface area contributed by atoms with E-state index in [2.05, 4.69) is 24.1 Å². The molecule has 1 heterocycles. The van der Waals surface area contributed by atoms with Crippen molar-refractivity contribution in [3.63, 3.8) is 0 Å². The molecule has 0 aliphatic carbocycles. The minimum absolute atomic E-state index is 0.597. The molecule has 0 bridgehead atoms. The van der Waals surface area contributed by atoms with Crippen molar-refractivity contribution in [3.8, 4) is 0 Å². The first-order chi connectivity index (χ1) is 7.83. The minimum atomic E-state index is 0.597. The van der Waals surface area contributed by atoms with Crippen molar-refractivity contribution in [3.05, 3.63) is 12.8 Å². The smallest absolute Gasteiger partial charge is 0.0885 e. The molecule has 0 spiro atoms. The predicted octanol–water partition coefficient (Wildman–Crippen LogP) is 2.05. The summed E-state index contributed by atoms with van der Waals surface area (Å²) in [5.74, 6) is 0. The Morgan fingerprint density at radius 1 is 1.56 bits per heavy atom. The number of rotatable bonds is 8. The Morgan fingerprint density at radius 3 is 3.12 bits per heavy atom. The van der Waals surface area contributed by atoms with Crippen LogP contribution in [0.2, 0.25) is 0 Å². The number of piperidine rings is 1. The van der Waals surface area contributed by atoms with Gasteiger partial charge in [-0.15, -0.1) is 0 Å². The van der Waals surface area contributed by atoms with Crippen LogP contribution in [0.3, 0.4) is 0 Å². The molecule has 0 aromatic heterocycles. The fraction of sp³-hybridized carbons (Fsp3) is 0.846. The second-order valence-corrected chi connectivity index (χ2v) is 4.63. The normalized spacial score (nSPS) is 22.7. The number of hydrogen-bond donors (Lipinski definition) is 2. The molecule has 0 aromatic rings. The van der Waals surface area contributed by atoms with Gasteiger partial charge in [0.05, 0.1) is 12.9 Å². The molecular weight excluding hydrogens is 200 g/mol. The van der Waals surface area contributed by atoms with Crippen molar-refractivity contribution < 1.29 is 4.74 Å². The van der Waals surface area contributed by atoms with Crippen LogP contribution in [0.4, 0.5) is 0 Å². The molecule has 16 heavy (non-hydrogen) atoms. The molecule has 1 aliphatic rings. The molecule has 2 N–H and O–H groups in total. The second-order valence-electron chi connectivity index (χ2n) is 4.63. The van der Waals surface area contributed by atoms with Crippen LogP contribution in [0.25, 0.3) is 0 Å². The highest BCUT2D eigenvalue weighted by Crippen LogP contribution is 2.11. The van der Waals surface area contributed by atoms with Crippen LogP contribution in [0.5, 0.6) is 0 Å². The van der Waals surface area contributed by atoms with Crippen LogP contribution < -0.4 is 10.6 Å². The lowest BCUT2D eigenvalue weighted by Crippen LogP contribution is -2.40. The quantitative estimate of drug-likeness (QED) is 0.491. The molecule has 0 aromatic carbocycles. The highest BCUT2D eigenvalue weighted by Gasteiger charge is 2.14. The predicted molar refractivity (Wildman–Crippen MR) is 68.5 cm³/mol. The average molecular weight is 226 g/mol. The van der Waals surface area contributed by atoms with Gasteiger partial charge in [0.2, 0.25) is 0 Å². The summed E-state index contributed by atoms with van der Waals surface area (Å²) in [5.41, 5.74) is 0. The molecule has 0 amide bonds. The summed E-state index contributed by atoms with van der Waals surface area (Å²) in [6, 6.07) is 1.32. The third kappa shape index (κ3) is 6.13. The first kappa shape index (κ1) is 13.5. The Bertz CT molecular complexity index is 179. The summed E-state index contributed by atoms with van der Waals surface area (Å²) < 4.78 is 5.08. The van der Waals surface area contributed by atoms with Gasteiger partial charge in [0, 0.05) is 12.1 Å². The van der Waals surface area contributed by atoms with Crippen molar-refractivity contribution in [2.45, 2.75) is 51.1 Å². The van der Waals surface area contributed by atoms with Gasteiger partial charge in [-0.1, -0.05) is 13.0 Å². The zero-order valence-corrected chi connectivity index (χ0v) is 10.5. The van der Waals surface area contributed by atoms with E-state index in [1.165, 1.54) is 38.5 Å². The SMILES string of the molecule is C=COCCCNC(C)CC1CCCCN1. The van der Waals surface area contributed by atoms with Crippen molar-refractivity contribution in [2.75, 3.05) is 19.7 Å². The summed E-state index contributed by atoms with van der Waals surface area (Å²) in [4.78, 5) is 0. The van der Waals surface area contributed by atoms with Crippen LogP contribution in [-0.4, -0.2) is 31.8 Å². The van der Waals surface area contributed by atoms with Gasteiger partial charge >= 0.3 is 0 Å². The standard InChI is InChI=1S/C13H26N2O/c1-3-16-10-6-9-14-12(2)11-13-7-4-5-8-15-13/h3,12-15H,1,4-11H2,2H3. The van der Waals surface area contributed by atoms with E-state index in [1.54, 1.807) is 0 Å². The van der Waals surface area contributed by atoms with Gasteiger partial charge in [-0.25, -0.2) is 0 Å². The first-order valence-corrected chi connectivity index (χ1v) is 6.52. The van der Waals surface area contributed by atoms with Crippen LogP contribution in [0.1, 0.15) is 39.0 Å². The van der Waals surface area contributed by atoms with Gasteiger partial charge in [-0.2, -0.15) is 0 Å². The Balaban J connectivity index is 1.96. The first-order valence-electron chi connectivity index (χ1n) is 6.52. The van der Waals surface area contributed by atoms with Gasteiger partial charge in [0.15, 0.2) is 0 Å². The topological polar surface area (TPSA) is 33.3 Å². The van der Waals surface area contributed by atoms with E-state index in [9.17, 15) is 0 Å². The van der Waals surface area contributed by atoms with Crippen molar-refractivity contribution in [1.29, 1.82) is 0 Å². The average Bonchev–Trinajstić information content (AvgIpc) is 2.30. The van der Waals surface area contributed by atoms with E-state index >= 15 is 0 Å². The fourth-order valence-electron chi connectivity index (χ4n) is 2.22. The van der Waals surface area contributed by atoms with Gasteiger partial charge in [-0.05, 0) is 45.7 Å². The third-order valence-electron chi connectivity index (χ3n) is 3.10. The van der Waals surface area contributed by atoms with Crippen molar-refractivity contribution in [1.82, 2.24) is 10.6 Å². The van der Waals surface area contributed by atoms with Crippen LogP contribution >= 0.6 is 0 Å². The van der Waals surface area contributed by atoms with Crippen molar-refractivity contribution in [2.24, 2.45) is 0 Å². The molecule has 0 radical (unpaired) electrons. The lowest BCUT2D eigenvalue weighted by Gasteiger charge is -2.26. The molecule has 3 heteroatoms. The molecular formula is C13H26N2O. The Labute approximate surface area is 99.6 Å². The van der Waals surface area contributed by atoms with E-state index < -0.39 is 0 Å². The highest BCUT2D eigenvalue weighted by atomic mass is 16.5. The summed E-state index contributed by atoms with van der Waals surface area (Å²) in [6.07, 6.45) is 7.87. The van der Waals surface area contributed by atoms with Crippen LogP contribution in [0.15, 0.2) is 12.8 Å². The lowest BCUT2D eigenvalue weighted by atomic mass is 9.99. The van der Waals surface area contributed by atoms with Gasteiger partial charge < -0.3 is 15.4 Å². The molecule has 2 atom stereocenters. The second kappa shape index (κ2) is 8.59. The highest BCUT2D eigenvalue weighted by molar-refractivity contribution is 4.76. The van der Waals surface area contributed by atoms with Gasteiger partial charge in [-0.3, -0.25) is 0 Å². The maximum atomic E-state index is 5.08. The lowest BCUT2D eigenvalue weighted by molar-refractivity contribution is 0.241. The zero-order chi connectivity index (χ0) is 11.6. The molecule has 1 fully saturated rings. The van der Waals surface area contributed by atoms with E-state index in [4.69, 9.17) is 4.74 Å². The van der Waals surface area contributed by atoms with E-state index in [1.807, 2.05) is 0 Å². The Hall–Kier alpha value is -0.540. The summed E-state index contributed by atoms with van der Waals surface area (Å²) in [6.45, 7) is 8.79. The number of nitrogens with one attached hydrogen (secondary N) is 2. The van der Waals surface area contributed by atoms with Gasteiger partial charge in [0.25, 0.3) is 0 Å². The monoisotopic (exact) mass is 226 g/mol. The maximum Gasteiger partial charge on any atom is 0.0885 e. The van der Waals surface area contributed by atoms with E-state index in [0.29, 0.717) is 6.04 Å². The van der Waals surface area contributed by atoms with Crippen LogP contribution in [0, 0.1) is 0 Å². The minimum Gasteiger partial charge on any atom is -0.502 e. The summed E-state index contributed by atoms with van der Waals surface area (Å²) in [5, 5.41) is 7.12. The molecule has 3 nitrogen and oxygen atoms in total. The summed E-state index contributed by atoms with van der Waals surface area (Å²) in [7, 11) is 0. The Kier molecular flexibility index (Phi) is 7.26. The zero-order valence-electron chi connectivity index (χ0n) is 10.5. The van der Waals surface area contributed by atoms with Crippen LogP contribution in [-0.2, 0) is 4.74 Å². The largest absolute Gasteiger partial charge is 0.502 e. The molecule has 94 valence electrons. The third-order valence-corrected chi connectivity index (χ3v) is 3.10. The van der Waals surface area contributed by atoms with E-state index in [0.717, 1.165) is 25.6 Å². The maximum absolute atomic E-state index is 5.08.